The van der Waals surface area contributed by atoms with Crippen molar-refractivity contribution in [1.82, 2.24) is 20.0 Å². The number of unbranched alkanes of at least 4 members (excludes halogenated alkanes) is 2. The highest BCUT2D eigenvalue weighted by molar-refractivity contribution is 5.81. The van der Waals surface area contributed by atoms with Gasteiger partial charge in [0.2, 0.25) is 29.5 Å². The molecule has 0 spiro atoms. The zero-order valence-electron chi connectivity index (χ0n) is 44.1. The first kappa shape index (κ1) is 59.4. The van der Waals surface area contributed by atoms with Crippen LogP contribution >= 0.6 is 0 Å². The smallest absolute Gasteiger partial charge is 0.269 e. The number of carbonyl (C=O) groups excluding carboxylic acids is 5. The number of nitrogens with zero attached hydrogens (tertiary/aromatic N) is 4. The number of rotatable bonds is 34. The summed E-state index contributed by atoms with van der Waals surface area (Å²) in [7, 11) is 0. The molecule has 0 aromatic heterocycles. The van der Waals surface area contributed by atoms with Crippen molar-refractivity contribution < 1.29 is 34.0 Å². The third kappa shape index (κ3) is 20.7. The molecule has 0 radical (unpaired) electrons. The van der Waals surface area contributed by atoms with E-state index in [0.717, 1.165) is 22.3 Å². The summed E-state index contributed by atoms with van der Waals surface area (Å²) in [5.41, 5.74) is 22.2. The average molecular weight is 1040 g/mol. The Kier molecular flexibility index (Phi) is 25.1. The number of phenolic OH excluding ortho intramolecular Hbond substituents is 1. The maximum atomic E-state index is 15.3. The van der Waals surface area contributed by atoms with Crippen molar-refractivity contribution in [2.45, 2.75) is 127 Å². The number of hydrogen-bond acceptors (Lipinski definition) is 10. The van der Waals surface area contributed by atoms with Crippen LogP contribution in [0, 0.1) is 10.1 Å². The number of nitrogens with one attached hydrogen (secondary N) is 1. The van der Waals surface area contributed by atoms with Gasteiger partial charge in [0, 0.05) is 75.6 Å². The van der Waals surface area contributed by atoms with E-state index in [1.807, 2.05) is 101 Å². The molecular formula is C60H78N8O8. The van der Waals surface area contributed by atoms with Gasteiger partial charge in [-0.1, -0.05) is 128 Å². The first-order valence-corrected chi connectivity index (χ1v) is 26.7. The number of non-ortho nitro benzene ring substituents is 1. The third-order valence-electron chi connectivity index (χ3n) is 13.8. The number of nitro benzene ring substituents is 1. The lowest BCUT2D eigenvalue weighted by Crippen LogP contribution is -2.57. The molecule has 0 fully saturated rings. The highest BCUT2D eigenvalue weighted by Crippen LogP contribution is 2.24. The van der Waals surface area contributed by atoms with Crippen LogP contribution in [0.1, 0.15) is 98.9 Å². The summed E-state index contributed by atoms with van der Waals surface area (Å²) in [6, 6.07) is 39.1. The summed E-state index contributed by atoms with van der Waals surface area (Å²) in [6.45, 7) is 2.84. The quantitative estimate of drug-likeness (QED) is 0.0157. The number of aromatic hydroxyl groups is 1. The van der Waals surface area contributed by atoms with Crippen LogP contribution in [-0.4, -0.2) is 111 Å². The molecule has 406 valence electrons. The van der Waals surface area contributed by atoms with Gasteiger partial charge in [-0.05, 0) is 111 Å². The molecule has 5 rings (SSSR count). The molecule has 8 N–H and O–H groups in total. The van der Waals surface area contributed by atoms with E-state index in [-0.39, 0.29) is 93.2 Å². The number of aryl methyl sites for hydroxylation is 3. The molecule has 0 saturated heterocycles. The van der Waals surface area contributed by atoms with Crippen LogP contribution in [0.3, 0.4) is 0 Å². The monoisotopic (exact) mass is 1040 g/mol. The van der Waals surface area contributed by atoms with Crippen molar-refractivity contribution in [2.75, 3.05) is 32.7 Å². The van der Waals surface area contributed by atoms with Gasteiger partial charge in [-0.3, -0.25) is 34.1 Å². The van der Waals surface area contributed by atoms with E-state index >= 15 is 9.59 Å². The van der Waals surface area contributed by atoms with Crippen molar-refractivity contribution in [3.8, 4) is 5.75 Å². The van der Waals surface area contributed by atoms with Crippen molar-refractivity contribution in [3.63, 3.8) is 0 Å². The van der Waals surface area contributed by atoms with Crippen LogP contribution in [-0.2, 0) is 56.1 Å². The zero-order chi connectivity index (χ0) is 54.7. The predicted octanol–water partition coefficient (Wildman–Crippen LogP) is 7.21. The Balaban J connectivity index is 1.61. The second-order valence-electron chi connectivity index (χ2n) is 19.7. The molecule has 0 aliphatic carbocycles. The third-order valence-corrected chi connectivity index (χ3v) is 13.8. The molecule has 0 unspecified atom stereocenters. The second kappa shape index (κ2) is 32.1. The molecular weight excluding hydrogens is 961 g/mol. The van der Waals surface area contributed by atoms with E-state index in [9.17, 15) is 29.6 Å². The summed E-state index contributed by atoms with van der Waals surface area (Å²) in [4.78, 5) is 88.0. The summed E-state index contributed by atoms with van der Waals surface area (Å²) in [6.07, 6.45) is 5.32. The van der Waals surface area contributed by atoms with E-state index in [2.05, 4.69) is 5.32 Å². The van der Waals surface area contributed by atoms with Crippen molar-refractivity contribution in [1.29, 1.82) is 0 Å². The number of phenols is 1. The van der Waals surface area contributed by atoms with E-state index in [1.54, 1.807) is 48.2 Å². The molecule has 16 nitrogen and oxygen atoms in total. The Morgan fingerprint density at radius 2 is 0.987 bits per heavy atom. The van der Waals surface area contributed by atoms with Gasteiger partial charge in [-0.25, -0.2) is 0 Å². The highest BCUT2D eigenvalue weighted by atomic mass is 16.6. The van der Waals surface area contributed by atoms with E-state index < -0.39 is 35.0 Å². The van der Waals surface area contributed by atoms with Crippen LogP contribution in [0.5, 0.6) is 5.75 Å². The van der Waals surface area contributed by atoms with Gasteiger partial charge < -0.3 is 42.3 Å². The van der Waals surface area contributed by atoms with Crippen LogP contribution in [0.2, 0.25) is 0 Å². The fourth-order valence-corrected chi connectivity index (χ4v) is 9.67. The lowest BCUT2D eigenvalue weighted by atomic mass is 9.98. The zero-order valence-corrected chi connectivity index (χ0v) is 44.1. The molecule has 16 heteroatoms. The maximum Gasteiger partial charge on any atom is 0.269 e. The number of carbonyl (C=O) groups is 5. The predicted molar refractivity (Wildman–Crippen MR) is 297 cm³/mol. The van der Waals surface area contributed by atoms with Crippen LogP contribution < -0.4 is 22.5 Å². The molecule has 5 aromatic rings. The number of nitro groups is 1. The largest absolute Gasteiger partial charge is 0.508 e. The van der Waals surface area contributed by atoms with Gasteiger partial charge >= 0.3 is 0 Å². The normalized spacial score (nSPS) is 12.7. The fraction of sp³-hybridized carbons (Fsp3) is 0.417. The van der Waals surface area contributed by atoms with E-state index in [4.69, 9.17) is 17.2 Å². The van der Waals surface area contributed by atoms with Gasteiger partial charge in [-0.2, -0.15) is 0 Å². The van der Waals surface area contributed by atoms with Gasteiger partial charge in [-0.15, -0.1) is 0 Å². The van der Waals surface area contributed by atoms with Crippen LogP contribution in [0.4, 0.5) is 5.69 Å². The van der Waals surface area contributed by atoms with Gasteiger partial charge in [0.15, 0.2) is 0 Å². The Morgan fingerprint density at radius 3 is 1.42 bits per heavy atom. The Morgan fingerprint density at radius 1 is 0.566 bits per heavy atom. The highest BCUT2D eigenvalue weighted by Gasteiger charge is 2.35. The van der Waals surface area contributed by atoms with Crippen LogP contribution in [0.25, 0.3) is 0 Å². The first-order valence-electron chi connectivity index (χ1n) is 26.7. The number of primary amides is 1. The maximum absolute atomic E-state index is 15.3. The van der Waals surface area contributed by atoms with Crippen molar-refractivity contribution >= 4 is 35.2 Å². The molecule has 5 amide bonds. The first-order chi connectivity index (χ1) is 36.7. The SMILES string of the molecule is C[C@H](CC(N)=O)N(C[C@@H](CCCCN)N(C[C@@H](CCCCN)N(C[C@@H](Cc1ccc(O)cc1)NC(=O)Cc1ccc([N+](=O)[O-])cc1)C(=O)CCc1ccccc1)C(=O)CCc1ccccc1)C(=O)CCc1ccccc1. The molecule has 76 heavy (non-hydrogen) atoms. The summed E-state index contributed by atoms with van der Waals surface area (Å²) < 4.78 is 0. The number of hydrogen-bond donors (Lipinski definition) is 5. The summed E-state index contributed by atoms with van der Waals surface area (Å²) in [5, 5.41) is 24.8. The lowest BCUT2D eigenvalue weighted by molar-refractivity contribution is -0.384. The van der Waals surface area contributed by atoms with Crippen molar-refractivity contribution in [3.05, 3.63) is 177 Å². The van der Waals surface area contributed by atoms with E-state index in [1.165, 1.54) is 12.1 Å². The average Bonchev–Trinajstić information content (AvgIpc) is 3.41. The van der Waals surface area contributed by atoms with Gasteiger partial charge in [0.1, 0.15) is 5.75 Å². The standard InChI is InChI=1S/C60H78N8O8/c1-45(39-56(63)70)65(58(72)34-27-46-15-5-2-6-16-46)43-53(21-11-13-37-61)67(60(74)36-29-48-19-9-4-10-20-48)44-54(22-12-14-38-62)66(59(73)35-28-47-17-7-3-8-18-47)42-51(40-49-25-32-55(69)33-26-49)64-57(71)41-50-23-30-52(31-24-50)68(75)76/h2-10,15-20,23-26,30-33,45,51,53-54,69H,11-14,21-22,27-29,34-44,61-62H2,1H3,(H2,63,70)(H,64,71)/t45-,51-,53-,54-/m1/s1. The van der Waals surface area contributed by atoms with Gasteiger partial charge in [0.05, 0.1) is 17.4 Å². The second-order valence-corrected chi connectivity index (χ2v) is 19.7. The molecule has 0 bridgehead atoms. The molecule has 0 heterocycles. The molecule has 0 aliphatic rings. The van der Waals surface area contributed by atoms with Crippen molar-refractivity contribution in [2.24, 2.45) is 17.2 Å². The minimum Gasteiger partial charge on any atom is -0.508 e. The summed E-state index contributed by atoms with van der Waals surface area (Å²) in [5.74, 6) is -1.40. The van der Waals surface area contributed by atoms with E-state index in [0.29, 0.717) is 76.4 Å². The molecule has 0 aliphatic heterocycles. The fourth-order valence-electron chi connectivity index (χ4n) is 9.67. The Bertz CT molecular complexity index is 2550. The molecule has 0 saturated carbocycles. The van der Waals surface area contributed by atoms with Gasteiger partial charge in [0.25, 0.3) is 5.69 Å². The Hall–Kier alpha value is -7.43. The molecule has 4 atom stereocenters. The van der Waals surface area contributed by atoms with Crippen LogP contribution in [0.15, 0.2) is 140 Å². The minimum absolute atomic E-state index is 0.0391. The molecule has 5 aromatic carbocycles. The number of amides is 5. The lowest BCUT2D eigenvalue weighted by Gasteiger charge is -2.43. The topological polar surface area (TPSA) is 249 Å². The minimum atomic E-state index is -0.678. The number of nitrogens with two attached hydrogens (primary N) is 3. The number of benzene rings is 5. The summed E-state index contributed by atoms with van der Waals surface area (Å²) >= 11 is 0. The Labute approximate surface area is 448 Å².